The molecule has 0 saturated heterocycles. The second kappa shape index (κ2) is 7.62. The third-order valence-corrected chi connectivity index (χ3v) is 6.19. The number of ether oxygens (including phenoxy) is 1. The Hall–Kier alpha value is -2.69. The summed E-state index contributed by atoms with van der Waals surface area (Å²) in [6, 6.07) is 28.4. The number of esters is 1. The van der Waals surface area contributed by atoms with Crippen LogP contribution in [0.15, 0.2) is 84.9 Å². The highest BCUT2D eigenvalue weighted by Crippen LogP contribution is 2.52. The largest absolute Gasteiger partial charge is 0.426 e. The number of carbonyl (C=O) groups is 1. The van der Waals surface area contributed by atoms with E-state index in [-0.39, 0.29) is 18.3 Å². The van der Waals surface area contributed by atoms with E-state index in [4.69, 9.17) is 9.16 Å². The molecule has 3 aromatic rings. The van der Waals surface area contributed by atoms with E-state index >= 15 is 0 Å². The summed E-state index contributed by atoms with van der Waals surface area (Å²) in [5, 5.41) is 0. The summed E-state index contributed by atoms with van der Waals surface area (Å²) in [4.78, 5) is 12.6. The summed E-state index contributed by atoms with van der Waals surface area (Å²) in [5.41, 5.74) is 2.35. The Morgan fingerprint density at radius 3 is 1.90 bits per heavy atom. The predicted molar refractivity (Wildman–Crippen MR) is 118 cm³/mol. The number of carbonyl (C=O) groups excluding carboxylic acids is 1. The maximum Gasteiger partial charge on any atom is 0.311 e. The Kier molecular flexibility index (Phi) is 5.15. The van der Waals surface area contributed by atoms with Gasteiger partial charge in [-0.1, -0.05) is 78.9 Å². The fourth-order valence-corrected chi connectivity index (χ4v) is 5.62. The Balaban J connectivity index is 2.04. The maximum absolute atomic E-state index is 12.6. The predicted octanol–water partition coefficient (Wildman–Crippen LogP) is 5.87. The molecule has 1 heterocycles. The van der Waals surface area contributed by atoms with Gasteiger partial charge in [-0.15, -0.1) is 0 Å². The molecule has 0 saturated carbocycles. The topological polar surface area (TPSA) is 35.5 Å². The minimum absolute atomic E-state index is 0.184. The third-order valence-electron chi connectivity index (χ3n) is 5.25. The van der Waals surface area contributed by atoms with Crippen molar-refractivity contribution in [1.82, 2.24) is 0 Å². The molecule has 3 aromatic carbocycles. The van der Waals surface area contributed by atoms with Gasteiger partial charge in [0.15, 0.2) is 8.32 Å². The molecule has 0 amide bonds. The van der Waals surface area contributed by atoms with E-state index in [1.54, 1.807) is 0 Å². The van der Waals surface area contributed by atoms with Crippen molar-refractivity contribution in [2.24, 2.45) is 0 Å². The van der Waals surface area contributed by atoms with Gasteiger partial charge in [0.1, 0.15) is 11.4 Å². The molecule has 1 aliphatic rings. The highest BCUT2D eigenvalue weighted by molar-refractivity contribution is 6.69. The van der Waals surface area contributed by atoms with Crippen LogP contribution in [0.5, 0.6) is 5.75 Å². The summed E-state index contributed by atoms with van der Waals surface area (Å²) in [5.74, 6) is 0.227. The molecule has 0 fully saturated rings. The molecule has 1 atom stereocenters. The number of fused-ring (bicyclic) bond motifs is 1. The zero-order valence-corrected chi connectivity index (χ0v) is 18.1. The highest BCUT2D eigenvalue weighted by atomic mass is 28.4. The van der Waals surface area contributed by atoms with Gasteiger partial charge < -0.3 is 9.16 Å². The van der Waals surface area contributed by atoms with Crippen LogP contribution in [0.25, 0.3) is 0 Å². The van der Waals surface area contributed by atoms with Gasteiger partial charge in [-0.2, -0.15) is 0 Å². The van der Waals surface area contributed by atoms with Gasteiger partial charge >= 0.3 is 5.97 Å². The summed E-state index contributed by atoms with van der Waals surface area (Å²) in [6.07, 6.45) is 0.269. The summed E-state index contributed by atoms with van der Waals surface area (Å²) >= 11 is 0. The van der Waals surface area contributed by atoms with Crippen LogP contribution in [0.3, 0.4) is 0 Å². The normalized spacial score (nSPS) is 16.8. The van der Waals surface area contributed by atoms with Crippen molar-refractivity contribution < 1.29 is 14.0 Å². The molecule has 0 unspecified atom stereocenters. The molecule has 0 aromatic heterocycles. The number of benzene rings is 3. The van der Waals surface area contributed by atoms with Crippen LogP contribution in [-0.2, 0) is 14.8 Å². The van der Waals surface area contributed by atoms with Crippen LogP contribution in [0.2, 0.25) is 19.6 Å². The van der Waals surface area contributed by atoms with E-state index in [9.17, 15) is 4.79 Å². The van der Waals surface area contributed by atoms with Crippen LogP contribution in [-0.4, -0.2) is 14.3 Å². The van der Waals surface area contributed by atoms with Crippen molar-refractivity contribution in [3.63, 3.8) is 0 Å². The van der Waals surface area contributed by atoms with Crippen molar-refractivity contribution in [3.05, 3.63) is 102 Å². The lowest BCUT2D eigenvalue weighted by molar-refractivity contribution is -0.137. The van der Waals surface area contributed by atoms with Gasteiger partial charge in [0.25, 0.3) is 0 Å². The number of hydrogen-bond donors (Lipinski definition) is 0. The van der Waals surface area contributed by atoms with E-state index in [2.05, 4.69) is 50.0 Å². The second-order valence-electron chi connectivity index (χ2n) is 8.45. The van der Waals surface area contributed by atoms with Crippen molar-refractivity contribution in [2.75, 3.05) is 0 Å². The van der Waals surface area contributed by atoms with E-state index in [1.807, 2.05) is 54.6 Å². The highest BCUT2D eigenvalue weighted by Gasteiger charge is 2.49. The Labute approximate surface area is 173 Å². The van der Waals surface area contributed by atoms with Gasteiger partial charge in [0, 0.05) is 11.5 Å². The van der Waals surface area contributed by atoms with Crippen LogP contribution < -0.4 is 4.74 Å². The van der Waals surface area contributed by atoms with Crippen LogP contribution in [0, 0.1) is 0 Å². The third kappa shape index (κ3) is 3.78. The molecule has 4 rings (SSSR count). The lowest BCUT2D eigenvalue weighted by atomic mass is 9.70. The summed E-state index contributed by atoms with van der Waals surface area (Å²) in [7, 11) is -2.04. The molecule has 0 bridgehead atoms. The summed E-state index contributed by atoms with van der Waals surface area (Å²) < 4.78 is 12.6. The standard InChI is InChI=1S/C25H26O3Si/c1-29(2,3)28-25(19-12-6-4-7-13-19,20-14-8-5-9-15-20)22-18-24(26)27-23-17-11-10-16-21(22)23/h4-17,22H,18H2,1-3H3/t22-/m0/s1. The quantitative estimate of drug-likeness (QED) is 0.304. The zero-order valence-electron chi connectivity index (χ0n) is 17.1. The molecule has 0 radical (unpaired) electrons. The first kappa shape index (κ1) is 19.6. The first-order valence-corrected chi connectivity index (χ1v) is 13.4. The zero-order chi connectivity index (χ0) is 20.5. The molecular formula is C25H26O3Si. The monoisotopic (exact) mass is 402 g/mol. The fraction of sp³-hybridized carbons (Fsp3) is 0.240. The fourth-order valence-electron chi connectivity index (χ4n) is 4.28. The first-order valence-electron chi connectivity index (χ1n) is 10.0. The Bertz CT molecular complexity index is 954. The molecule has 0 spiro atoms. The average molecular weight is 403 g/mol. The number of para-hydroxylation sites is 1. The van der Waals surface area contributed by atoms with Crippen molar-refractivity contribution >= 4 is 14.3 Å². The van der Waals surface area contributed by atoms with Crippen molar-refractivity contribution in [3.8, 4) is 5.75 Å². The summed E-state index contributed by atoms with van der Waals surface area (Å²) in [6.45, 7) is 6.59. The molecular weight excluding hydrogens is 376 g/mol. The Morgan fingerprint density at radius 1 is 0.828 bits per heavy atom. The van der Waals surface area contributed by atoms with Gasteiger partial charge in [-0.05, 0) is 36.8 Å². The Morgan fingerprint density at radius 2 is 1.34 bits per heavy atom. The van der Waals surface area contributed by atoms with Crippen molar-refractivity contribution in [2.45, 2.75) is 37.6 Å². The molecule has 148 valence electrons. The lowest BCUT2D eigenvalue weighted by Crippen LogP contribution is -2.47. The van der Waals surface area contributed by atoms with E-state index < -0.39 is 13.9 Å². The van der Waals surface area contributed by atoms with E-state index in [0.29, 0.717) is 5.75 Å². The van der Waals surface area contributed by atoms with E-state index in [0.717, 1.165) is 16.7 Å². The van der Waals surface area contributed by atoms with Crippen LogP contribution >= 0.6 is 0 Å². The smallest absolute Gasteiger partial charge is 0.311 e. The van der Waals surface area contributed by atoms with Gasteiger partial charge in [-0.3, -0.25) is 4.79 Å². The average Bonchev–Trinajstić information content (AvgIpc) is 2.72. The molecule has 3 nitrogen and oxygen atoms in total. The van der Waals surface area contributed by atoms with Crippen molar-refractivity contribution in [1.29, 1.82) is 0 Å². The number of hydrogen-bond acceptors (Lipinski definition) is 3. The maximum atomic E-state index is 12.6. The minimum atomic E-state index is -2.04. The molecule has 0 aliphatic carbocycles. The first-order chi connectivity index (χ1) is 13.9. The molecule has 4 heteroatoms. The minimum Gasteiger partial charge on any atom is -0.426 e. The number of rotatable bonds is 5. The lowest BCUT2D eigenvalue weighted by Gasteiger charge is -2.47. The molecule has 29 heavy (non-hydrogen) atoms. The van der Waals surface area contributed by atoms with E-state index in [1.165, 1.54) is 0 Å². The molecule has 0 N–H and O–H groups in total. The van der Waals surface area contributed by atoms with Crippen LogP contribution in [0.4, 0.5) is 0 Å². The van der Waals surface area contributed by atoms with Gasteiger partial charge in [0.05, 0.1) is 6.42 Å². The van der Waals surface area contributed by atoms with Gasteiger partial charge in [-0.25, -0.2) is 0 Å². The SMILES string of the molecule is C[Si](C)(C)OC(c1ccccc1)(c1ccccc1)[C@H]1CC(=O)Oc2ccccc21. The molecule has 1 aliphatic heterocycles. The second-order valence-corrected chi connectivity index (χ2v) is 12.9. The van der Waals surface area contributed by atoms with Crippen LogP contribution in [0.1, 0.15) is 29.0 Å². The van der Waals surface area contributed by atoms with Gasteiger partial charge in [0.2, 0.25) is 0 Å².